The smallest absolute Gasteiger partial charge is 0.225 e. The zero-order chi connectivity index (χ0) is 17.4. The quantitative estimate of drug-likeness (QED) is 0.841. The maximum Gasteiger partial charge on any atom is 0.225 e. The third-order valence-corrected chi connectivity index (χ3v) is 3.22. The zero-order valence-electron chi connectivity index (χ0n) is 12.6. The van der Waals surface area contributed by atoms with Gasteiger partial charge in [0.05, 0.1) is 13.0 Å². The van der Waals surface area contributed by atoms with E-state index >= 15 is 0 Å². The summed E-state index contributed by atoms with van der Waals surface area (Å²) in [5.41, 5.74) is 0.847. The molecule has 0 unspecified atom stereocenters. The van der Waals surface area contributed by atoms with Crippen LogP contribution in [0.25, 0.3) is 0 Å². The molecule has 1 N–H and O–H groups in total. The second-order valence-electron chi connectivity index (χ2n) is 4.80. The fourth-order valence-electron chi connectivity index (χ4n) is 1.81. The van der Waals surface area contributed by atoms with Crippen LogP contribution in [0, 0.1) is 23.5 Å². The van der Waals surface area contributed by atoms with E-state index in [-0.39, 0.29) is 31.2 Å². The Morgan fingerprint density at radius 3 is 2.58 bits per heavy atom. The zero-order valence-corrected chi connectivity index (χ0v) is 13.4. The van der Waals surface area contributed by atoms with Gasteiger partial charge in [0.25, 0.3) is 0 Å². The summed E-state index contributed by atoms with van der Waals surface area (Å²) < 4.78 is 31.1. The van der Waals surface area contributed by atoms with Gasteiger partial charge < -0.3 is 10.1 Å². The minimum Gasteiger partial charge on any atom is -0.478 e. The number of halogens is 3. The Hall–Kier alpha value is -2.58. The van der Waals surface area contributed by atoms with Crippen LogP contribution in [0.1, 0.15) is 5.56 Å². The number of hydrogen-bond donors (Lipinski definition) is 1. The molecular formula is C18H14ClF2NO2. The highest BCUT2D eigenvalue weighted by Gasteiger charge is 2.03. The van der Waals surface area contributed by atoms with Gasteiger partial charge in [-0.3, -0.25) is 4.79 Å². The first kappa shape index (κ1) is 17.8. The lowest BCUT2D eigenvalue weighted by atomic mass is 10.1. The standard InChI is InChI=1S/C18H14ClF2NO2/c19-14-5-3-13(4-6-14)11-18(23)22-9-1-2-10-24-17-8-7-15(20)12-16(17)21/h3-8,12H,9-11H2,(H,22,23). The van der Waals surface area contributed by atoms with Crippen LogP contribution in [0.2, 0.25) is 5.02 Å². The molecule has 6 heteroatoms. The fourth-order valence-corrected chi connectivity index (χ4v) is 1.94. The van der Waals surface area contributed by atoms with Crippen molar-refractivity contribution in [3.05, 3.63) is 64.7 Å². The molecule has 2 rings (SSSR count). The number of ether oxygens (including phenoxy) is 1. The molecule has 0 radical (unpaired) electrons. The van der Waals surface area contributed by atoms with Crippen LogP contribution in [0.3, 0.4) is 0 Å². The molecule has 2 aromatic carbocycles. The minimum absolute atomic E-state index is 0.0599. The number of carbonyl (C=O) groups excluding carboxylic acids is 1. The van der Waals surface area contributed by atoms with Gasteiger partial charge in [-0.1, -0.05) is 35.6 Å². The molecule has 2 aromatic rings. The van der Waals surface area contributed by atoms with E-state index in [1.165, 1.54) is 6.07 Å². The Balaban J connectivity index is 1.69. The fraction of sp³-hybridized carbons (Fsp3) is 0.167. The van der Waals surface area contributed by atoms with Crippen molar-refractivity contribution >= 4 is 17.5 Å². The lowest BCUT2D eigenvalue weighted by Gasteiger charge is -2.03. The van der Waals surface area contributed by atoms with Gasteiger partial charge in [0, 0.05) is 11.1 Å². The predicted octanol–water partition coefficient (Wildman–Crippen LogP) is 3.36. The average molecular weight is 350 g/mol. The maximum atomic E-state index is 13.3. The normalized spacial score (nSPS) is 9.79. The van der Waals surface area contributed by atoms with Crippen molar-refractivity contribution in [2.45, 2.75) is 6.42 Å². The molecule has 0 aliphatic rings. The minimum atomic E-state index is -0.784. The predicted molar refractivity (Wildman–Crippen MR) is 87.8 cm³/mol. The summed E-state index contributed by atoms with van der Waals surface area (Å²) in [6.45, 7) is 0.0945. The topological polar surface area (TPSA) is 38.3 Å². The second kappa shape index (κ2) is 8.90. The van der Waals surface area contributed by atoms with E-state index in [0.29, 0.717) is 5.02 Å². The van der Waals surface area contributed by atoms with Crippen molar-refractivity contribution in [1.29, 1.82) is 0 Å². The molecule has 124 valence electrons. The molecule has 0 spiro atoms. The third kappa shape index (κ3) is 5.90. The summed E-state index contributed by atoms with van der Waals surface area (Å²) in [5, 5.41) is 3.25. The molecule has 0 aliphatic heterocycles. The number of rotatable bonds is 5. The molecular weight excluding hydrogens is 336 g/mol. The molecule has 0 saturated heterocycles. The van der Waals surface area contributed by atoms with Gasteiger partial charge in [-0.25, -0.2) is 8.78 Å². The van der Waals surface area contributed by atoms with Crippen LogP contribution in [0.4, 0.5) is 8.78 Å². The lowest BCUT2D eigenvalue weighted by molar-refractivity contribution is -0.120. The Kier molecular flexibility index (Phi) is 6.59. The van der Waals surface area contributed by atoms with Crippen LogP contribution in [0.15, 0.2) is 42.5 Å². The first-order valence-corrected chi connectivity index (χ1v) is 7.47. The summed E-state index contributed by atoms with van der Waals surface area (Å²) in [5.74, 6) is 3.63. The molecule has 0 saturated carbocycles. The Morgan fingerprint density at radius 2 is 1.88 bits per heavy atom. The Labute approximate surface area is 143 Å². The molecule has 0 aliphatic carbocycles. The molecule has 0 aromatic heterocycles. The second-order valence-corrected chi connectivity index (χ2v) is 5.23. The van der Waals surface area contributed by atoms with Crippen molar-refractivity contribution in [2.75, 3.05) is 13.2 Å². The van der Waals surface area contributed by atoms with Gasteiger partial charge in [-0.05, 0) is 29.8 Å². The largest absolute Gasteiger partial charge is 0.478 e. The van der Waals surface area contributed by atoms with E-state index in [2.05, 4.69) is 17.2 Å². The molecule has 0 fully saturated rings. The van der Waals surface area contributed by atoms with Crippen LogP contribution in [-0.2, 0) is 11.2 Å². The number of amides is 1. The summed E-state index contributed by atoms with van der Waals surface area (Å²) in [6, 6.07) is 10.0. The van der Waals surface area contributed by atoms with E-state index < -0.39 is 11.6 Å². The van der Waals surface area contributed by atoms with Crippen LogP contribution in [-0.4, -0.2) is 19.1 Å². The van der Waals surface area contributed by atoms with E-state index in [9.17, 15) is 13.6 Å². The summed E-state index contributed by atoms with van der Waals surface area (Å²) in [4.78, 5) is 11.7. The highest BCUT2D eigenvalue weighted by Crippen LogP contribution is 2.17. The maximum absolute atomic E-state index is 13.3. The van der Waals surface area contributed by atoms with Gasteiger partial charge in [0.2, 0.25) is 5.91 Å². The van der Waals surface area contributed by atoms with Crippen molar-refractivity contribution in [3.63, 3.8) is 0 Å². The van der Waals surface area contributed by atoms with Gasteiger partial charge in [-0.15, -0.1) is 0 Å². The molecule has 24 heavy (non-hydrogen) atoms. The van der Waals surface area contributed by atoms with E-state index in [1.807, 2.05) is 0 Å². The molecule has 1 amide bonds. The van der Waals surface area contributed by atoms with Crippen LogP contribution in [0.5, 0.6) is 5.75 Å². The molecule has 0 bridgehead atoms. The van der Waals surface area contributed by atoms with Crippen molar-refractivity contribution in [2.24, 2.45) is 0 Å². The highest BCUT2D eigenvalue weighted by molar-refractivity contribution is 6.30. The Morgan fingerprint density at radius 1 is 1.12 bits per heavy atom. The summed E-state index contributed by atoms with van der Waals surface area (Å²) in [7, 11) is 0. The first-order valence-electron chi connectivity index (χ1n) is 7.09. The molecule has 0 atom stereocenters. The Bertz CT molecular complexity index is 767. The van der Waals surface area contributed by atoms with Gasteiger partial charge in [-0.2, -0.15) is 0 Å². The molecule has 3 nitrogen and oxygen atoms in total. The lowest BCUT2D eigenvalue weighted by Crippen LogP contribution is -2.25. The number of hydrogen-bond acceptors (Lipinski definition) is 2. The van der Waals surface area contributed by atoms with Gasteiger partial charge in [0.1, 0.15) is 12.4 Å². The van der Waals surface area contributed by atoms with E-state index in [1.54, 1.807) is 24.3 Å². The first-order chi connectivity index (χ1) is 11.5. The average Bonchev–Trinajstić information content (AvgIpc) is 2.54. The summed E-state index contributed by atoms with van der Waals surface area (Å²) in [6.07, 6.45) is 0.232. The van der Waals surface area contributed by atoms with Crippen molar-refractivity contribution in [1.82, 2.24) is 5.32 Å². The number of benzene rings is 2. The summed E-state index contributed by atoms with van der Waals surface area (Å²) >= 11 is 5.77. The third-order valence-electron chi connectivity index (χ3n) is 2.97. The molecule has 0 heterocycles. The van der Waals surface area contributed by atoms with E-state index in [0.717, 1.165) is 17.7 Å². The van der Waals surface area contributed by atoms with Gasteiger partial charge >= 0.3 is 0 Å². The SMILES string of the molecule is O=C(Cc1ccc(Cl)cc1)NCC#CCOc1ccc(F)cc1F. The number of carbonyl (C=O) groups is 1. The number of nitrogens with one attached hydrogen (secondary N) is 1. The van der Waals surface area contributed by atoms with Crippen LogP contribution >= 0.6 is 11.6 Å². The van der Waals surface area contributed by atoms with Crippen molar-refractivity contribution < 1.29 is 18.3 Å². The monoisotopic (exact) mass is 349 g/mol. The highest BCUT2D eigenvalue weighted by atomic mass is 35.5. The van der Waals surface area contributed by atoms with Crippen LogP contribution < -0.4 is 10.1 Å². The van der Waals surface area contributed by atoms with Crippen molar-refractivity contribution in [3.8, 4) is 17.6 Å². The van der Waals surface area contributed by atoms with E-state index in [4.69, 9.17) is 16.3 Å². The van der Waals surface area contributed by atoms with Gasteiger partial charge in [0.15, 0.2) is 11.6 Å².